The molecule has 2 heteroatoms. The predicted molar refractivity (Wildman–Crippen MR) is 88.2 cm³/mol. The number of hydrogen-bond donors (Lipinski definition) is 1. The fourth-order valence-corrected chi connectivity index (χ4v) is 4.13. The standard InChI is InChI=1S/C19H22N2/c1-11(2)13-7-12-8-14(10-13)18-17(9-12)21-16-6-4-3-5-15(16)19(18)20/h3-7,11-12,14H,8-10H2,1-2H3,(H2,20,21)/t12-,14-/m1/s1. The van der Waals surface area contributed by atoms with Gasteiger partial charge in [0.15, 0.2) is 0 Å². The van der Waals surface area contributed by atoms with Crippen LogP contribution in [0.25, 0.3) is 10.9 Å². The van der Waals surface area contributed by atoms with Crippen molar-refractivity contribution in [2.24, 2.45) is 11.8 Å². The Morgan fingerprint density at radius 1 is 1.19 bits per heavy atom. The normalized spacial score (nSPS) is 24.0. The van der Waals surface area contributed by atoms with Crippen molar-refractivity contribution in [3.8, 4) is 0 Å². The smallest absolute Gasteiger partial charge is 0.0726 e. The number of nitrogen functional groups attached to an aromatic ring is 1. The molecule has 2 atom stereocenters. The zero-order valence-electron chi connectivity index (χ0n) is 12.8. The Balaban J connectivity index is 1.88. The highest BCUT2D eigenvalue weighted by molar-refractivity contribution is 5.92. The number of rotatable bonds is 1. The number of benzene rings is 1. The van der Waals surface area contributed by atoms with Crippen LogP contribution >= 0.6 is 0 Å². The Kier molecular flexibility index (Phi) is 2.81. The highest BCUT2D eigenvalue weighted by Crippen LogP contribution is 2.47. The lowest BCUT2D eigenvalue weighted by molar-refractivity contribution is 0.417. The summed E-state index contributed by atoms with van der Waals surface area (Å²) >= 11 is 0. The first-order valence-corrected chi connectivity index (χ1v) is 8.01. The zero-order valence-corrected chi connectivity index (χ0v) is 12.8. The van der Waals surface area contributed by atoms with E-state index in [4.69, 9.17) is 10.7 Å². The van der Waals surface area contributed by atoms with Gasteiger partial charge in [-0.25, -0.2) is 0 Å². The molecule has 0 spiro atoms. The van der Waals surface area contributed by atoms with Crippen LogP contribution in [0, 0.1) is 11.8 Å². The molecule has 0 saturated carbocycles. The van der Waals surface area contributed by atoms with Gasteiger partial charge in [0, 0.05) is 22.3 Å². The minimum absolute atomic E-state index is 0.568. The monoisotopic (exact) mass is 278 g/mol. The summed E-state index contributed by atoms with van der Waals surface area (Å²) in [5.41, 5.74) is 12.7. The molecule has 0 fully saturated rings. The van der Waals surface area contributed by atoms with Crippen LogP contribution in [0.3, 0.4) is 0 Å². The number of nitrogens with zero attached hydrogens (tertiary/aromatic N) is 1. The van der Waals surface area contributed by atoms with E-state index in [2.05, 4.69) is 38.1 Å². The Bertz CT molecular complexity index is 743. The Labute approximate surface area is 126 Å². The van der Waals surface area contributed by atoms with Crippen LogP contribution in [0.1, 0.15) is 43.9 Å². The highest BCUT2D eigenvalue weighted by Gasteiger charge is 2.34. The quantitative estimate of drug-likeness (QED) is 0.783. The fourth-order valence-electron chi connectivity index (χ4n) is 4.13. The van der Waals surface area contributed by atoms with Crippen LogP contribution in [0.5, 0.6) is 0 Å². The predicted octanol–water partition coefficient (Wildman–Crippen LogP) is 4.45. The van der Waals surface area contributed by atoms with Gasteiger partial charge in [0.05, 0.1) is 5.52 Å². The SMILES string of the molecule is CC(C)C1=C[C@H]2Cc3nc4ccccc4c(N)c3[C@@H](C1)C2. The summed E-state index contributed by atoms with van der Waals surface area (Å²) in [5, 5.41) is 1.12. The van der Waals surface area contributed by atoms with Gasteiger partial charge in [-0.1, -0.05) is 43.7 Å². The minimum Gasteiger partial charge on any atom is -0.398 e. The van der Waals surface area contributed by atoms with Crippen molar-refractivity contribution in [2.45, 2.75) is 39.0 Å². The molecule has 2 N–H and O–H groups in total. The van der Waals surface area contributed by atoms with Crippen molar-refractivity contribution in [1.82, 2.24) is 4.98 Å². The van der Waals surface area contributed by atoms with E-state index in [1.807, 2.05) is 6.07 Å². The maximum absolute atomic E-state index is 6.54. The maximum atomic E-state index is 6.54. The van der Waals surface area contributed by atoms with E-state index in [-0.39, 0.29) is 0 Å². The van der Waals surface area contributed by atoms with Gasteiger partial charge in [0.1, 0.15) is 0 Å². The second-order valence-corrected chi connectivity index (χ2v) is 6.90. The van der Waals surface area contributed by atoms with Crippen LogP contribution < -0.4 is 5.73 Å². The summed E-state index contributed by atoms with van der Waals surface area (Å²) in [6.07, 6.45) is 5.97. The van der Waals surface area contributed by atoms with Crippen molar-refractivity contribution in [2.75, 3.05) is 5.73 Å². The van der Waals surface area contributed by atoms with Gasteiger partial charge in [0.25, 0.3) is 0 Å². The van der Waals surface area contributed by atoms with Crippen LogP contribution in [0.2, 0.25) is 0 Å². The van der Waals surface area contributed by atoms with E-state index in [1.54, 1.807) is 5.57 Å². The van der Waals surface area contributed by atoms with Gasteiger partial charge in [-0.15, -0.1) is 0 Å². The number of para-hydroxylation sites is 1. The molecule has 108 valence electrons. The summed E-state index contributed by atoms with van der Waals surface area (Å²) in [6.45, 7) is 4.60. The Morgan fingerprint density at radius 2 is 2.00 bits per heavy atom. The lowest BCUT2D eigenvalue weighted by Crippen LogP contribution is -2.25. The van der Waals surface area contributed by atoms with Gasteiger partial charge < -0.3 is 5.73 Å². The van der Waals surface area contributed by atoms with Crippen LogP contribution in [0.15, 0.2) is 35.9 Å². The molecule has 2 aromatic rings. The molecule has 2 aliphatic rings. The number of aromatic nitrogens is 1. The maximum Gasteiger partial charge on any atom is 0.0726 e. The average Bonchev–Trinajstić information content (AvgIpc) is 2.46. The number of fused-ring (bicyclic) bond motifs is 5. The lowest BCUT2D eigenvalue weighted by Gasteiger charge is -2.37. The molecular weight excluding hydrogens is 256 g/mol. The number of nitrogens with two attached hydrogens (primary N) is 1. The van der Waals surface area contributed by atoms with Crippen LogP contribution in [-0.4, -0.2) is 4.98 Å². The molecule has 2 aliphatic carbocycles. The first-order chi connectivity index (χ1) is 10.1. The van der Waals surface area contributed by atoms with Gasteiger partial charge in [-0.3, -0.25) is 4.98 Å². The average molecular weight is 278 g/mol. The molecule has 0 radical (unpaired) electrons. The van der Waals surface area contributed by atoms with Crippen molar-refractivity contribution in [3.63, 3.8) is 0 Å². The van der Waals surface area contributed by atoms with Crippen LogP contribution in [0.4, 0.5) is 5.69 Å². The minimum atomic E-state index is 0.568. The van der Waals surface area contributed by atoms with E-state index in [0.717, 1.165) is 29.4 Å². The van der Waals surface area contributed by atoms with E-state index < -0.39 is 0 Å². The molecule has 1 aromatic heterocycles. The Morgan fingerprint density at radius 3 is 2.81 bits per heavy atom. The van der Waals surface area contributed by atoms with Gasteiger partial charge in [-0.2, -0.15) is 0 Å². The topological polar surface area (TPSA) is 38.9 Å². The number of hydrogen-bond acceptors (Lipinski definition) is 2. The van der Waals surface area contributed by atoms with E-state index >= 15 is 0 Å². The van der Waals surface area contributed by atoms with Crippen molar-refractivity contribution >= 4 is 16.6 Å². The van der Waals surface area contributed by atoms with Gasteiger partial charge in [0.2, 0.25) is 0 Å². The molecule has 21 heavy (non-hydrogen) atoms. The van der Waals surface area contributed by atoms with Crippen molar-refractivity contribution < 1.29 is 0 Å². The number of anilines is 1. The highest BCUT2D eigenvalue weighted by atomic mass is 14.7. The molecule has 0 saturated heterocycles. The van der Waals surface area contributed by atoms with Crippen molar-refractivity contribution in [1.29, 1.82) is 0 Å². The lowest BCUT2D eigenvalue weighted by atomic mass is 9.69. The zero-order chi connectivity index (χ0) is 14.6. The number of pyridine rings is 1. The Hall–Kier alpha value is -1.83. The van der Waals surface area contributed by atoms with Crippen molar-refractivity contribution in [3.05, 3.63) is 47.2 Å². The fraction of sp³-hybridized carbons (Fsp3) is 0.421. The third-order valence-electron chi connectivity index (χ3n) is 5.18. The molecule has 0 aliphatic heterocycles. The third kappa shape index (κ3) is 1.97. The van der Waals surface area contributed by atoms with E-state index in [9.17, 15) is 0 Å². The first kappa shape index (κ1) is 12.9. The number of allylic oxidation sites excluding steroid dienone is 2. The van der Waals surface area contributed by atoms with Gasteiger partial charge in [-0.05, 0) is 43.1 Å². The molecular formula is C19H22N2. The summed E-state index contributed by atoms with van der Waals surface area (Å²) in [4.78, 5) is 4.92. The summed E-state index contributed by atoms with van der Waals surface area (Å²) in [7, 11) is 0. The third-order valence-corrected chi connectivity index (χ3v) is 5.18. The second-order valence-electron chi connectivity index (χ2n) is 6.90. The molecule has 0 amide bonds. The molecule has 1 heterocycles. The first-order valence-electron chi connectivity index (χ1n) is 8.01. The molecule has 0 unspecified atom stereocenters. The van der Waals surface area contributed by atoms with Crippen LogP contribution in [-0.2, 0) is 6.42 Å². The summed E-state index contributed by atoms with van der Waals surface area (Å²) in [6, 6.07) is 8.28. The van der Waals surface area contributed by atoms with E-state index in [1.165, 1.54) is 17.7 Å². The molecule has 1 aromatic carbocycles. The van der Waals surface area contributed by atoms with Gasteiger partial charge >= 0.3 is 0 Å². The summed E-state index contributed by atoms with van der Waals surface area (Å²) in [5.74, 6) is 1.87. The molecule has 2 nitrogen and oxygen atoms in total. The largest absolute Gasteiger partial charge is 0.398 e. The molecule has 2 bridgehead atoms. The molecule has 4 rings (SSSR count). The van der Waals surface area contributed by atoms with E-state index in [0.29, 0.717) is 17.8 Å². The second kappa shape index (κ2) is 4.59. The summed E-state index contributed by atoms with van der Waals surface area (Å²) < 4.78 is 0.